The standard InChI is InChI=1S/C42H44ClN2/c1-41(2)36(44(5)34-25-22-28-14-7-10-19-32(28)38(34)41)21-12-9-16-30-17-13-18-31(40(30)43)24-27-37-42(3,4)39-33-20-11-8-15-29(33)23-26-35(39)45(37)6/h7-12,14-16,19-22,24-25,27H,13,17-18,23,26H2,1-6H3/q+1. The van der Waals surface area contributed by atoms with E-state index in [-0.39, 0.29) is 10.8 Å². The zero-order valence-electron chi connectivity index (χ0n) is 27.5. The molecule has 3 aromatic carbocycles. The number of benzene rings is 3. The van der Waals surface area contributed by atoms with Gasteiger partial charge >= 0.3 is 0 Å². The minimum Gasteiger partial charge on any atom is -0.347 e. The summed E-state index contributed by atoms with van der Waals surface area (Å²) in [6.45, 7) is 9.42. The van der Waals surface area contributed by atoms with Crippen LogP contribution in [0.2, 0.25) is 0 Å². The smallest absolute Gasteiger partial charge is 0.191 e. The predicted molar refractivity (Wildman–Crippen MR) is 193 cm³/mol. The second-order valence-electron chi connectivity index (χ2n) is 14.1. The number of anilines is 1. The van der Waals surface area contributed by atoms with E-state index in [1.807, 2.05) is 0 Å². The zero-order valence-corrected chi connectivity index (χ0v) is 28.3. The summed E-state index contributed by atoms with van der Waals surface area (Å²) >= 11 is 7.09. The molecule has 3 aromatic rings. The van der Waals surface area contributed by atoms with E-state index >= 15 is 0 Å². The maximum absolute atomic E-state index is 7.09. The van der Waals surface area contributed by atoms with E-state index in [9.17, 15) is 0 Å². The molecule has 3 heteroatoms. The number of hydrogen-bond donors (Lipinski definition) is 0. The minimum atomic E-state index is -0.0855. The van der Waals surface area contributed by atoms with Crippen molar-refractivity contribution in [3.63, 3.8) is 0 Å². The summed E-state index contributed by atoms with van der Waals surface area (Å²) in [5.74, 6) is 0. The highest BCUT2D eigenvalue weighted by molar-refractivity contribution is 6.32. The summed E-state index contributed by atoms with van der Waals surface area (Å²) in [7, 11) is 4.43. The van der Waals surface area contributed by atoms with Crippen LogP contribution >= 0.6 is 11.6 Å². The largest absolute Gasteiger partial charge is 0.347 e. The molecule has 0 saturated heterocycles. The van der Waals surface area contributed by atoms with Gasteiger partial charge in [-0.05, 0) is 90.3 Å². The zero-order chi connectivity index (χ0) is 31.5. The van der Waals surface area contributed by atoms with Crippen molar-refractivity contribution in [2.75, 3.05) is 19.0 Å². The molecule has 0 bridgehead atoms. The molecule has 0 aromatic heterocycles. The van der Waals surface area contributed by atoms with Gasteiger partial charge in [0.05, 0.1) is 5.41 Å². The van der Waals surface area contributed by atoms with Gasteiger partial charge in [-0.3, -0.25) is 0 Å². The molecule has 0 N–H and O–H groups in total. The number of nitrogens with zero attached hydrogens (tertiary/aromatic N) is 2. The van der Waals surface area contributed by atoms with E-state index in [0.29, 0.717) is 0 Å². The Labute approximate surface area is 274 Å². The molecule has 0 saturated carbocycles. The molecule has 45 heavy (non-hydrogen) atoms. The molecule has 0 unspecified atom stereocenters. The maximum atomic E-state index is 7.09. The Morgan fingerprint density at radius 2 is 1.56 bits per heavy atom. The number of aryl methyl sites for hydroxylation is 1. The van der Waals surface area contributed by atoms with Gasteiger partial charge in [0.15, 0.2) is 11.4 Å². The summed E-state index contributed by atoms with van der Waals surface area (Å²) < 4.78 is 2.44. The monoisotopic (exact) mass is 611 g/mol. The lowest BCUT2D eigenvalue weighted by Crippen LogP contribution is -2.24. The van der Waals surface area contributed by atoms with Crippen LogP contribution in [0.3, 0.4) is 0 Å². The number of fused-ring (bicyclic) bond motifs is 5. The molecule has 0 atom stereocenters. The van der Waals surface area contributed by atoms with Gasteiger partial charge in [-0.1, -0.05) is 104 Å². The highest BCUT2D eigenvalue weighted by Crippen LogP contribution is 2.50. The number of halogens is 1. The molecule has 4 aliphatic rings. The first kappa shape index (κ1) is 29.8. The van der Waals surface area contributed by atoms with Crippen LogP contribution in [0.15, 0.2) is 125 Å². The van der Waals surface area contributed by atoms with Crippen molar-refractivity contribution < 1.29 is 4.58 Å². The van der Waals surface area contributed by atoms with Gasteiger partial charge in [0.25, 0.3) is 0 Å². The van der Waals surface area contributed by atoms with Gasteiger partial charge in [0.1, 0.15) is 7.05 Å². The van der Waals surface area contributed by atoms with Crippen molar-refractivity contribution in [1.29, 1.82) is 0 Å². The second kappa shape index (κ2) is 11.2. The fraction of sp³-hybridized carbons (Fsp3) is 0.310. The Morgan fingerprint density at radius 3 is 2.40 bits per heavy atom. The maximum Gasteiger partial charge on any atom is 0.191 e. The Bertz CT molecular complexity index is 1950. The average Bonchev–Trinajstić information content (AvgIpc) is 3.36. The van der Waals surface area contributed by atoms with Crippen molar-refractivity contribution in [2.24, 2.45) is 5.41 Å². The Balaban J connectivity index is 1.13. The molecule has 2 heterocycles. The van der Waals surface area contributed by atoms with Crippen LogP contribution in [0, 0.1) is 5.41 Å². The molecule has 7 rings (SSSR count). The van der Waals surface area contributed by atoms with Crippen LogP contribution in [0.25, 0.3) is 16.3 Å². The molecule has 228 valence electrons. The van der Waals surface area contributed by atoms with E-state index in [4.69, 9.17) is 11.6 Å². The molecule has 0 spiro atoms. The van der Waals surface area contributed by atoms with Gasteiger partial charge < -0.3 is 4.90 Å². The van der Waals surface area contributed by atoms with E-state index in [0.717, 1.165) is 37.1 Å². The normalized spacial score (nSPS) is 22.5. The van der Waals surface area contributed by atoms with Gasteiger partial charge in [0.2, 0.25) is 0 Å². The third-order valence-electron chi connectivity index (χ3n) is 10.7. The molecule has 0 amide bonds. The van der Waals surface area contributed by atoms with Gasteiger partial charge in [-0.15, -0.1) is 0 Å². The fourth-order valence-corrected chi connectivity index (χ4v) is 8.78. The summed E-state index contributed by atoms with van der Waals surface area (Å²) in [6.07, 6.45) is 18.8. The summed E-state index contributed by atoms with van der Waals surface area (Å²) in [5.41, 5.74) is 13.5. The third-order valence-corrected chi connectivity index (χ3v) is 11.2. The van der Waals surface area contributed by atoms with Gasteiger partial charge in [-0.25, -0.2) is 4.58 Å². The number of likely N-dealkylation sites (N-methyl/N-ethyl adjacent to an activating group) is 1. The van der Waals surface area contributed by atoms with Crippen molar-refractivity contribution in [3.05, 3.63) is 141 Å². The van der Waals surface area contributed by atoms with E-state index in [1.54, 1.807) is 0 Å². The summed E-state index contributed by atoms with van der Waals surface area (Å²) in [6, 6.07) is 22.2. The lowest BCUT2D eigenvalue weighted by atomic mass is 9.73. The molecule has 2 aliphatic carbocycles. The first-order valence-corrected chi connectivity index (χ1v) is 16.8. The fourth-order valence-electron chi connectivity index (χ4n) is 8.46. The molecule has 2 aliphatic heterocycles. The Morgan fingerprint density at radius 1 is 0.800 bits per heavy atom. The minimum absolute atomic E-state index is 0.0547. The topological polar surface area (TPSA) is 6.25 Å². The van der Waals surface area contributed by atoms with Crippen molar-refractivity contribution in [2.45, 2.75) is 65.2 Å². The lowest BCUT2D eigenvalue weighted by Gasteiger charge is -2.24. The Hall–Kier alpha value is -3.88. The number of hydrogen-bond acceptors (Lipinski definition) is 1. The van der Waals surface area contributed by atoms with Crippen molar-refractivity contribution >= 4 is 39.3 Å². The third kappa shape index (κ3) is 4.81. The molecule has 0 fully saturated rings. The van der Waals surface area contributed by atoms with Crippen LogP contribution < -0.4 is 4.90 Å². The first-order valence-electron chi connectivity index (χ1n) is 16.4. The quantitative estimate of drug-likeness (QED) is 0.266. The van der Waals surface area contributed by atoms with Crippen LogP contribution in [0.5, 0.6) is 0 Å². The number of rotatable bonds is 4. The van der Waals surface area contributed by atoms with Crippen LogP contribution in [0.4, 0.5) is 5.69 Å². The number of allylic oxidation sites excluding steroid dienone is 12. The molecule has 0 radical (unpaired) electrons. The van der Waals surface area contributed by atoms with E-state index in [2.05, 4.69) is 148 Å². The van der Waals surface area contributed by atoms with Crippen molar-refractivity contribution in [1.82, 2.24) is 0 Å². The summed E-state index contributed by atoms with van der Waals surface area (Å²) in [4.78, 5) is 2.35. The lowest BCUT2D eigenvalue weighted by molar-refractivity contribution is -0.443. The van der Waals surface area contributed by atoms with Gasteiger partial charge in [0, 0.05) is 46.9 Å². The Kier molecular flexibility index (Phi) is 7.40. The van der Waals surface area contributed by atoms with Crippen LogP contribution in [0.1, 0.15) is 70.1 Å². The molecule has 2 nitrogen and oxygen atoms in total. The van der Waals surface area contributed by atoms with Crippen LogP contribution in [-0.4, -0.2) is 24.4 Å². The van der Waals surface area contributed by atoms with E-state index in [1.165, 1.54) is 67.0 Å². The SMILES string of the molecule is CN1\C(=C/C=C/C=C2\CCCC(/C=C/C3=[N+](C)C4=C(c5ccccc5CC4)C3(C)C)=C2Cl)C(C)(C)c2c1ccc1ccccc21. The van der Waals surface area contributed by atoms with Crippen molar-refractivity contribution in [3.8, 4) is 0 Å². The first-order chi connectivity index (χ1) is 21.6. The molecular formula is C42H44ClN2+. The average molecular weight is 612 g/mol. The molecular weight excluding hydrogens is 568 g/mol. The second-order valence-corrected chi connectivity index (χ2v) is 14.4. The predicted octanol–water partition coefficient (Wildman–Crippen LogP) is 10.6. The summed E-state index contributed by atoms with van der Waals surface area (Å²) in [5, 5.41) is 3.55. The van der Waals surface area contributed by atoms with Crippen LogP contribution in [-0.2, 0) is 11.8 Å². The van der Waals surface area contributed by atoms with Gasteiger partial charge in [-0.2, -0.15) is 0 Å². The van der Waals surface area contributed by atoms with E-state index < -0.39 is 0 Å². The highest BCUT2D eigenvalue weighted by Gasteiger charge is 2.47. The highest BCUT2D eigenvalue weighted by atomic mass is 35.5.